The Balaban J connectivity index is 0.647. The molecule has 9 heterocycles. The van der Waals surface area contributed by atoms with E-state index >= 15 is 13.2 Å². The third-order valence-electron chi connectivity index (χ3n) is 17.6. The second kappa shape index (κ2) is 23.6. The molecule has 5 aliphatic rings. The molecule has 0 saturated carbocycles. The van der Waals surface area contributed by atoms with Gasteiger partial charge >= 0.3 is 6.01 Å². The van der Waals surface area contributed by atoms with E-state index < -0.39 is 35.4 Å². The number of piperazine rings is 2. The third kappa shape index (κ3) is 11.5. The number of hydrogen-bond acceptors (Lipinski definition) is 17. The number of pyridine rings is 1. The summed E-state index contributed by atoms with van der Waals surface area (Å²) in [5.41, 5.74) is 3.20. The molecule has 5 saturated heterocycles. The van der Waals surface area contributed by atoms with Gasteiger partial charge in [0, 0.05) is 114 Å². The number of halogens is 3. The number of terminal acetylenes is 1. The average Bonchev–Trinajstić information content (AvgIpc) is 2.21. The van der Waals surface area contributed by atoms with E-state index in [-0.39, 0.29) is 101 Å². The van der Waals surface area contributed by atoms with Gasteiger partial charge in [0.2, 0.25) is 11.8 Å². The number of nitrogens with zero attached hydrogens (tertiary/aromatic N) is 10. The van der Waals surface area contributed by atoms with Crippen LogP contribution < -0.4 is 25.2 Å². The number of benzene rings is 3. The van der Waals surface area contributed by atoms with Gasteiger partial charge in [0.25, 0.3) is 0 Å². The molecular weight excluding hydrogens is 1100 g/mol. The molecule has 2 bridgehead atoms. The number of carbonyl (C=O) groups is 2. The maximum absolute atomic E-state index is 17.1. The van der Waals surface area contributed by atoms with E-state index in [0.29, 0.717) is 99.9 Å². The SMILES string of the molecule is C#Cc1c(F)ccc2cc(O)cc(-c3ncc4c(N5CC6CCC(C5)N6)nc(OCCN5CCC(F)(CN6CCN(c7cc([C@H](C(=O)N8C[C@H](O)C[C@H]8C(=O)N[C@@H](C)c8ccc(-c9scnc9C)cc8)C(C)C)on7)CC6)CC5)nc4c3F)c12. The van der Waals surface area contributed by atoms with Crippen LogP contribution in [-0.2, 0) is 9.59 Å². The zero-order valence-electron chi connectivity index (χ0n) is 47.5. The number of aliphatic hydroxyl groups is 1. The van der Waals surface area contributed by atoms with Crippen LogP contribution in [0.1, 0.15) is 87.4 Å². The molecule has 5 aliphatic heterocycles. The fraction of sp³-hybridized carbons (Fsp3) is 0.468. The Morgan fingerprint density at radius 1 is 0.952 bits per heavy atom. The first kappa shape index (κ1) is 57.0. The number of hydrogen-bond donors (Lipinski definition) is 4. The summed E-state index contributed by atoms with van der Waals surface area (Å²) in [6, 6.07) is 14.5. The minimum absolute atomic E-state index is 0.0219. The zero-order valence-corrected chi connectivity index (χ0v) is 48.3. The fourth-order valence-corrected chi connectivity index (χ4v) is 13.9. The summed E-state index contributed by atoms with van der Waals surface area (Å²) in [4.78, 5) is 57.7. The summed E-state index contributed by atoms with van der Waals surface area (Å²) in [7, 11) is 0. The number of rotatable bonds is 16. The first-order valence-corrected chi connectivity index (χ1v) is 29.9. The lowest BCUT2D eigenvalue weighted by molar-refractivity contribution is -0.141. The molecule has 18 nitrogen and oxygen atoms in total. The lowest BCUT2D eigenvalue weighted by atomic mass is 9.91. The molecule has 12 rings (SSSR count). The molecule has 440 valence electrons. The van der Waals surface area contributed by atoms with Gasteiger partial charge in [0.15, 0.2) is 17.4 Å². The van der Waals surface area contributed by atoms with Crippen LogP contribution in [0.4, 0.5) is 24.8 Å². The van der Waals surface area contributed by atoms with Crippen LogP contribution in [0.15, 0.2) is 70.8 Å². The van der Waals surface area contributed by atoms with Gasteiger partial charge < -0.3 is 44.8 Å². The van der Waals surface area contributed by atoms with Crippen LogP contribution in [0, 0.1) is 36.8 Å². The first-order valence-electron chi connectivity index (χ1n) is 29.1. The molecule has 84 heavy (non-hydrogen) atoms. The van der Waals surface area contributed by atoms with Crippen molar-refractivity contribution in [3.8, 4) is 45.8 Å². The Hall–Kier alpha value is -7.42. The largest absolute Gasteiger partial charge is 0.508 e. The van der Waals surface area contributed by atoms with Crippen LogP contribution in [0.25, 0.3) is 43.4 Å². The number of aromatic nitrogens is 5. The molecule has 4 N–H and O–H groups in total. The molecule has 4 aromatic heterocycles. The molecule has 3 aromatic carbocycles. The van der Waals surface area contributed by atoms with Crippen molar-refractivity contribution < 1.29 is 42.2 Å². The van der Waals surface area contributed by atoms with Gasteiger partial charge in [-0.3, -0.25) is 24.4 Å². The van der Waals surface area contributed by atoms with Crippen LogP contribution in [0.5, 0.6) is 11.8 Å². The van der Waals surface area contributed by atoms with Gasteiger partial charge in [-0.15, -0.1) is 17.8 Å². The number of piperidine rings is 1. The number of aromatic hydroxyl groups is 1. The number of amides is 2. The maximum atomic E-state index is 17.1. The number of thiazole rings is 1. The summed E-state index contributed by atoms with van der Waals surface area (Å²) in [5.74, 6) is 0.623. The quantitative estimate of drug-likeness (QED) is 0.0684. The van der Waals surface area contributed by atoms with Gasteiger partial charge in [-0.2, -0.15) is 9.97 Å². The van der Waals surface area contributed by atoms with Gasteiger partial charge in [-0.1, -0.05) is 55.3 Å². The Morgan fingerprint density at radius 2 is 1.70 bits per heavy atom. The number of alkyl halides is 1. The van der Waals surface area contributed by atoms with Crippen LogP contribution in [0.3, 0.4) is 0 Å². The second-order valence-electron chi connectivity index (χ2n) is 23.6. The molecule has 0 radical (unpaired) electrons. The Labute approximate surface area is 489 Å². The summed E-state index contributed by atoms with van der Waals surface area (Å²) in [5, 5.41) is 33.7. The number of aliphatic hydroxyl groups excluding tert-OH is 1. The van der Waals surface area contributed by atoms with E-state index in [0.717, 1.165) is 34.5 Å². The highest BCUT2D eigenvalue weighted by atomic mass is 32.1. The Morgan fingerprint density at radius 3 is 2.40 bits per heavy atom. The predicted octanol–water partition coefficient (Wildman–Crippen LogP) is 7.75. The van der Waals surface area contributed by atoms with Crippen LogP contribution in [-0.4, -0.2) is 170 Å². The molecule has 5 fully saturated rings. The van der Waals surface area contributed by atoms with E-state index in [2.05, 4.69) is 56.3 Å². The topological polar surface area (TPSA) is 202 Å². The number of aryl methyl sites for hydroxylation is 1. The van der Waals surface area contributed by atoms with E-state index in [1.807, 2.05) is 57.5 Å². The zero-order chi connectivity index (χ0) is 58.6. The molecule has 2 amide bonds. The third-order valence-corrected chi connectivity index (χ3v) is 18.6. The Bertz CT molecular complexity index is 3620. The summed E-state index contributed by atoms with van der Waals surface area (Å²) in [6.45, 7) is 13.3. The molecule has 0 spiro atoms. The predicted molar refractivity (Wildman–Crippen MR) is 315 cm³/mol. The lowest BCUT2D eigenvalue weighted by Gasteiger charge is -2.41. The lowest BCUT2D eigenvalue weighted by Crippen LogP contribution is -2.53. The minimum atomic E-state index is -1.40. The van der Waals surface area contributed by atoms with Crippen molar-refractivity contribution in [1.29, 1.82) is 0 Å². The number of phenolic OH excluding ortho intramolecular Hbond substituents is 1. The van der Waals surface area contributed by atoms with Crippen molar-refractivity contribution in [3.63, 3.8) is 0 Å². The van der Waals surface area contributed by atoms with E-state index in [9.17, 15) is 19.8 Å². The Kier molecular flexibility index (Phi) is 16.0. The van der Waals surface area contributed by atoms with Crippen molar-refractivity contribution in [3.05, 3.63) is 101 Å². The number of β-amino-alcohol motifs (C(OH)–C–C–N with tert-alkyl or cyclic N) is 1. The van der Waals surface area contributed by atoms with Crippen molar-refractivity contribution in [2.24, 2.45) is 5.92 Å². The smallest absolute Gasteiger partial charge is 0.319 e. The van der Waals surface area contributed by atoms with E-state index in [4.69, 9.17) is 20.7 Å². The molecule has 7 aromatic rings. The fourth-order valence-electron chi connectivity index (χ4n) is 13.1. The monoisotopic (exact) mass is 1170 g/mol. The van der Waals surface area contributed by atoms with Gasteiger partial charge in [-0.25, -0.2) is 18.2 Å². The summed E-state index contributed by atoms with van der Waals surface area (Å²) >= 11 is 1.58. The number of likely N-dealkylation sites (tertiary alicyclic amines) is 2. The van der Waals surface area contributed by atoms with Crippen molar-refractivity contribution in [1.82, 2.24) is 50.4 Å². The number of nitrogens with one attached hydrogen (secondary N) is 2. The minimum Gasteiger partial charge on any atom is -0.508 e. The molecular formula is C62H69F3N12O6S. The molecule has 0 aliphatic carbocycles. The number of phenols is 1. The van der Waals surface area contributed by atoms with Crippen molar-refractivity contribution >= 4 is 56.5 Å². The van der Waals surface area contributed by atoms with E-state index in [1.165, 1.54) is 35.4 Å². The molecule has 2 unspecified atom stereocenters. The highest BCUT2D eigenvalue weighted by molar-refractivity contribution is 7.13. The van der Waals surface area contributed by atoms with Crippen molar-refractivity contribution in [2.45, 2.75) is 102 Å². The molecule has 22 heteroatoms. The van der Waals surface area contributed by atoms with Gasteiger partial charge in [0.05, 0.1) is 39.2 Å². The van der Waals surface area contributed by atoms with Crippen molar-refractivity contribution in [2.75, 3.05) is 88.4 Å². The number of carbonyl (C=O) groups excluding carboxylic acids is 2. The maximum Gasteiger partial charge on any atom is 0.319 e. The standard InChI is InChI=1S/C62H69F3N12O6S/c1-6-45-48(63)14-11-40-25-43(78)26-46(53(40)45)55-54(64)56-47(29-66-55)58(76-30-41-12-13-42(31-76)69-41)71-61(70-56)82-24-23-73-17-15-62(65,16-18-73)33-74-19-21-75(22-20-74)51-28-50(83-72-51)52(35(2)3)60(81)77-32-44(79)27-49(77)59(80)68-36(4)38-7-9-39(10-8-38)57-37(5)67-34-84-57/h1,7-11,14,25-26,28-29,34-36,41-42,44,49,52,69,78-79H,12-13,15-24,27,30-33H2,2-5H3,(H,68,80)/t36-,41?,42?,44+,49-,52+/m0/s1. The number of ether oxygens (including phenoxy) is 1. The normalized spacial score (nSPS) is 21.8. The number of fused-ring (bicyclic) bond motifs is 4. The number of anilines is 2. The highest BCUT2D eigenvalue weighted by Crippen LogP contribution is 2.41. The van der Waals surface area contributed by atoms with E-state index in [1.54, 1.807) is 17.4 Å². The summed E-state index contributed by atoms with van der Waals surface area (Å²) in [6.07, 6.45) is 9.22. The summed E-state index contributed by atoms with van der Waals surface area (Å²) < 4.78 is 61.0. The highest BCUT2D eigenvalue weighted by Gasteiger charge is 2.44. The first-order chi connectivity index (χ1) is 40.5. The second-order valence-corrected chi connectivity index (χ2v) is 24.5. The van der Waals surface area contributed by atoms with Crippen LogP contribution in [0.2, 0.25) is 0 Å². The average molecular weight is 1170 g/mol. The molecule has 6 atom stereocenters. The van der Waals surface area contributed by atoms with Crippen LogP contribution >= 0.6 is 11.3 Å². The van der Waals surface area contributed by atoms with Gasteiger partial charge in [0.1, 0.15) is 52.8 Å². The van der Waals surface area contributed by atoms with Gasteiger partial charge in [-0.05, 0) is 80.2 Å².